The Labute approximate surface area is 187 Å². The summed E-state index contributed by atoms with van der Waals surface area (Å²) >= 11 is 1.08. The lowest BCUT2D eigenvalue weighted by atomic mass is 10.1. The molecule has 1 heterocycles. The Kier molecular flexibility index (Phi) is 7.23. The van der Waals surface area contributed by atoms with Gasteiger partial charge in [0.1, 0.15) is 5.75 Å². The number of thioether (sulfide) groups is 1. The van der Waals surface area contributed by atoms with Crippen LogP contribution in [0.15, 0.2) is 58.8 Å². The van der Waals surface area contributed by atoms with Gasteiger partial charge in [-0.25, -0.2) is 10.1 Å². The van der Waals surface area contributed by atoms with Crippen molar-refractivity contribution in [2.24, 2.45) is 5.10 Å². The molecule has 13 heteroatoms. The third-order valence-corrected chi connectivity index (χ3v) is 5.13. The summed E-state index contributed by atoms with van der Waals surface area (Å²) in [5.74, 6) is 6.62. The van der Waals surface area contributed by atoms with Crippen molar-refractivity contribution in [3.63, 3.8) is 0 Å². The van der Waals surface area contributed by atoms with E-state index in [0.29, 0.717) is 16.6 Å². The number of amides is 1. The molecular weight excluding hydrogens is 436 g/mol. The van der Waals surface area contributed by atoms with E-state index in [4.69, 9.17) is 10.6 Å². The van der Waals surface area contributed by atoms with E-state index in [1.54, 1.807) is 7.11 Å². The molecule has 4 N–H and O–H groups in total. The highest BCUT2D eigenvalue weighted by Gasteiger charge is 2.13. The first-order chi connectivity index (χ1) is 15.4. The third-order valence-electron chi connectivity index (χ3n) is 4.19. The molecule has 3 aromatic rings. The van der Waals surface area contributed by atoms with Gasteiger partial charge in [-0.3, -0.25) is 14.9 Å². The van der Waals surface area contributed by atoms with E-state index in [1.807, 2.05) is 31.2 Å². The van der Waals surface area contributed by atoms with Gasteiger partial charge in [0, 0.05) is 17.8 Å². The van der Waals surface area contributed by atoms with Gasteiger partial charge < -0.3 is 15.9 Å². The van der Waals surface area contributed by atoms with E-state index in [1.165, 1.54) is 28.9 Å². The Morgan fingerprint density at radius 2 is 1.91 bits per heavy atom. The zero-order valence-corrected chi connectivity index (χ0v) is 18.0. The summed E-state index contributed by atoms with van der Waals surface area (Å²) in [6.07, 6.45) is 0. The van der Waals surface area contributed by atoms with Crippen LogP contribution >= 0.6 is 11.8 Å². The van der Waals surface area contributed by atoms with E-state index in [-0.39, 0.29) is 23.3 Å². The van der Waals surface area contributed by atoms with Crippen molar-refractivity contribution in [2.75, 3.05) is 29.4 Å². The van der Waals surface area contributed by atoms with Gasteiger partial charge in [-0.15, -0.1) is 10.2 Å². The summed E-state index contributed by atoms with van der Waals surface area (Å²) in [4.78, 5) is 22.3. The first-order valence-electron chi connectivity index (χ1n) is 9.19. The fourth-order valence-corrected chi connectivity index (χ4v) is 3.13. The van der Waals surface area contributed by atoms with E-state index >= 15 is 0 Å². The number of nitrogen functional groups attached to an aromatic ring is 1. The SMILES string of the molecule is COc1ccc(/C(C)=N/Nc2nnc(SCC(=O)Nc3ccc([N+](=O)[O-])cc3)n2N)cc1. The van der Waals surface area contributed by atoms with E-state index in [9.17, 15) is 14.9 Å². The smallest absolute Gasteiger partial charge is 0.269 e. The largest absolute Gasteiger partial charge is 0.497 e. The van der Waals surface area contributed by atoms with Crippen molar-refractivity contribution in [2.45, 2.75) is 12.1 Å². The number of benzene rings is 2. The number of carbonyl (C=O) groups is 1. The molecule has 0 saturated heterocycles. The number of aromatic nitrogens is 3. The summed E-state index contributed by atoms with van der Waals surface area (Å²) < 4.78 is 6.32. The normalized spacial score (nSPS) is 11.1. The topological polar surface area (TPSA) is 163 Å². The predicted octanol–water partition coefficient (Wildman–Crippen LogP) is 2.48. The van der Waals surface area contributed by atoms with Gasteiger partial charge in [0.05, 0.1) is 23.5 Å². The van der Waals surface area contributed by atoms with Crippen molar-refractivity contribution in [3.8, 4) is 5.75 Å². The van der Waals surface area contributed by atoms with Crippen molar-refractivity contribution in [1.82, 2.24) is 14.9 Å². The molecule has 0 radical (unpaired) electrons. The average molecular weight is 456 g/mol. The van der Waals surface area contributed by atoms with Crippen LogP contribution in [0.4, 0.5) is 17.3 Å². The van der Waals surface area contributed by atoms with E-state index in [0.717, 1.165) is 23.1 Å². The first-order valence-corrected chi connectivity index (χ1v) is 10.2. The summed E-state index contributed by atoms with van der Waals surface area (Å²) in [5.41, 5.74) is 4.73. The molecule has 0 aliphatic rings. The Morgan fingerprint density at radius 3 is 2.53 bits per heavy atom. The van der Waals surface area contributed by atoms with Crippen molar-refractivity contribution < 1.29 is 14.5 Å². The summed E-state index contributed by atoms with van der Waals surface area (Å²) in [6, 6.07) is 12.9. The summed E-state index contributed by atoms with van der Waals surface area (Å²) in [5, 5.41) is 25.8. The van der Waals surface area contributed by atoms with Crippen LogP contribution in [0.25, 0.3) is 0 Å². The summed E-state index contributed by atoms with van der Waals surface area (Å²) in [6.45, 7) is 1.82. The Balaban J connectivity index is 1.54. The fraction of sp³-hybridized carbons (Fsp3) is 0.158. The maximum atomic E-state index is 12.1. The van der Waals surface area contributed by atoms with Gasteiger partial charge in [0.2, 0.25) is 11.1 Å². The van der Waals surface area contributed by atoms with Crippen LogP contribution < -0.4 is 21.3 Å². The lowest BCUT2D eigenvalue weighted by Crippen LogP contribution is -2.17. The predicted molar refractivity (Wildman–Crippen MR) is 121 cm³/mol. The highest BCUT2D eigenvalue weighted by molar-refractivity contribution is 7.99. The second kappa shape index (κ2) is 10.3. The number of hydrazone groups is 1. The number of non-ortho nitro benzene ring substituents is 1. The number of nitrogens with zero attached hydrogens (tertiary/aromatic N) is 5. The van der Waals surface area contributed by atoms with Gasteiger partial charge in [-0.1, -0.05) is 11.8 Å². The lowest BCUT2D eigenvalue weighted by Gasteiger charge is -2.06. The molecule has 166 valence electrons. The lowest BCUT2D eigenvalue weighted by molar-refractivity contribution is -0.384. The molecule has 0 bridgehead atoms. The van der Waals surface area contributed by atoms with Crippen LogP contribution in [0.3, 0.4) is 0 Å². The minimum atomic E-state index is -0.510. The molecule has 0 fully saturated rings. The Hall–Kier alpha value is -4.13. The van der Waals surface area contributed by atoms with Crippen molar-refractivity contribution in [1.29, 1.82) is 0 Å². The summed E-state index contributed by atoms with van der Waals surface area (Å²) in [7, 11) is 1.60. The van der Waals surface area contributed by atoms with Gasteiger partial charge in [-0.2, -0.15) is 5.10 Å². The number of ether oxygens (including phenoxy) is 1. The fourth-order valence-electron chi connectivity index (χ4n) is 2.48. The third kappa shape index (κ3) is 5.72. The van der Waals surface area contributed by atoms with Gasteiger partial charge in [0.25, 0.3) is 11.6 Å². The maximum absolute atomic E-state index is 12.1. The monoisotopic (exact) mass is 456 g/mol. The first kappa shape index (κ1) is 22.6. The molecule has 0 atom stereocenters. The molecule has 0 unspecified atom stereocenters. The number of nitro benzene ring substituents is 1. The molecule has 1 amide bonds. The number of methoxy groups -OCH3 is 1. The standard InChI is InChI=1S/C19H20N8O4S/c1-12(13-3-9-16(31-2)10-4-13)22-23-18-24-25-19(26(18)20)32-11-17(28)21-14-5-7-15(8-6-14)27(29)30/h3-10H,11,20H2,1-2H3,(H,21,28)(H,23,24)/b22-12+. The van der Waals surface area contributed by atoms with Crippen LogP contribution in [0.2, 0.25) is 0 Å². The minimum Gasteiger partial charge on any atom is -0.497 e. The van der Waals surface area contributed by atoms with Crippen LogP contribution in [0.5, 0.6) is 5.75 Å². The number of carbonyl (C=O) groups excluding carboxylic acids is 1. The van der Waals surface area contributed by atoms with E-state index < -0.39 is 4.92 Å². The second-order valence-electron chi connectivity index (χ2n) is 6.35. The quantitative estimate of drug-likeness (QED) is 0.144. The highest BCUT2D eigenvalue weighted by Crippen LogP contribution is 2.19. The number of hydrogen-bond acceptors (Lipinski definition) is 10. The zero-order valence-electron chi connectivity index (χ0n) is 17.2. The Morgan fingerprint density at radius 1 is 1.22 bits per heavy atom. The molecule has 0 saturated carbocycles. The van der Waals surface area contributed by atoms with Crippen LogP contribution in [0, 0.1) is 10.1 Å². The van der Waals surface area contributed by atoms with Crippen LogP contribution in [-0.2, 0) is 4.79 Å². The Bertz CT molecular complexity index is 1130. The van der Waals surface area contributed by atoms with Gasteiger partial charge in [0.15, 0.2) is 0 Å². The number of nitrogens with one attached hydrogen (secondary N) is 2. The molecule has 3 rings (SSSR count). The number of nitro groups is 1. The number of hydrogen-bond donors (Lipinski definition) is 3. The second-order valence-corrected chi connectivity index (χ2v) is 7.30. The number of rotatable bonds is 9. The molecule has 0 spiro atoms. The van der Waals surface area contributed by atoms with Crippen molar-refractivity contribution >= 4 is 40.7 Å². The molecule has 0 aliphatic heterocycles. The molecule has 12 nitrogen and oxygen atoms in total. The van der Waals surface area contributed by atoms with Crippen LogP contribution in [-0.4, -0.2) is 44.3 Å². The molecule has 32 heavy (non-hydrogen) atoms. The molecule has 0 aliphatic carbocycles. The number of nitrogens with two attached hydrogens (primary N) is 1. The molecule has 1 aromatic heterocycles. The zero-order chi connectivity index (χ0) is 23.1. The minimum absolute atomic E-state index is 0.0143. The van der Waals surface area contributed by atoms with Gasteiger partial charge in [-0.05, 0) is 48.9 Å². The maximum Gasteiger partial charge on any atom is 0.269 e. The van der Waals surface area contributed by atoms with Crippen LogP contribution in [0.1, 0.15) is 12.5 Å². The van der Waals surface area contributed by atoms with E-state index in [2.05, 4.69) is 26.0 Å². The highest BCUT2D eigenvalue weighted by atomic mass is 32.2. The molecule has 2 aromatic carbocycles. The van der Waals surface area contributed by atoms with Gasteiger partial charge >= 0.3 is 0 Å². The molecular formula is C19H20N8O4S. The number of anilines is 2. The van der Waals surface area contributed by atoms with Crippen molar-refractivity contribution in [3.05, 3.63) is 64.2 Å². The average Bonchev–Trinajstić information content (AvgIpc) is 3.15.